The Kier molecular flexibility index (Phi) is 5.46. The van der Waals surface area contributed by atoms with E-state index < -0.39 is 10.0 Å². The summed E-state index contributed by atoms with van der Waals surface area (Å²) in [6.07, 6.45) is 4.90. The van der Waals surface area contributed by atoms with Crippen LogP contribution in [0.2, 0.25) is 0 Å². The minimum Gasteiger partial charge on any atom is -0.310 e. The number of sulfonamides is 1. The Morgan fingerprint density at radius 2 is 1.86 bits per heavy atom. The minimum absolute atomic E-state index is 0.324. The Morgan fingerprint density at radius 1 is 1.24 bits per heavy atom. The summed E-state index contributed by atoms with van der Waals surface area (Å²) in [5, 5.41) is 5.35. The molecule has 0 unspecified atom stereocenters. The fourth-order valence-corrected chi connectivity index (χ4v) is 5.26. The summed E-state index contributed by atoms with van der Waals surface area (Å²) in [6, 6.07) is 2.43. The molecule has 6 heteroatoms. The van der Waals surface area contributed by atoms with Crippen LogP contribution in [-0.4, -0.2) is 20.0 Å². The van der Waals surface area contributed by atoms with Crippen molar-refractivity contribution in [1.29, 1.82) is 0 Å². The molecule has 1 heterocycles. The van der Waals surface area contributed by atoms with Crippen molar-refractivity contribution < 1.29 is 8.42 Å². The highest BCUT2D eigenvalue weighted by Crippen LogP contribution is 2.27. The van der Waals surface area contributed by atoms with Crippen molar-refractivity contribution in [3.8, 4) is 0 Å². The quantitative estimate of drug-likeness (QED) is 0.731. The van der Waals surface area contributed by atoms with Gasteiger partial charge in [-0.2, -0.15) is 0 Å². The predicted molar refractivity (Wildman–Crippen MR) is 88.1 cm³/mol. The first-order valence-corrected chi connectivity index (χ1v) is 10.2. The first kappa shape index (κ1) is 16.9. The monoisotopic (exact) mass is 330 g/mol. The molecule has 1 aliphatic rings. The van der Waals surface area contributed by atoms with Crippen LogP contribution < -0.4 is 10.0 Å². The van der Waals surface area contributed by atoms with Gasteiger partial charge in [-0.05, 0) is 49.1 Å². The molecular formula is C15H26N2O2S2. The fraction of sp³-hybridized carbons (Fsp3) is 0.733. The Labute approximate surface area is 132 Å². The lowest BCUT2D eigenvalue weighted by Crippen LogP contribution is -2.46. The molecule has 0 bridgehead atoms. The van der Waals surface area contributed by atoms with E-state index in [0.29, 0.717) is 10.3 Å². The van der Waals surface area contributed by atoms with Crippen LogP contribution in [0.15, 0.2) is 15.7 Å². The van der Waals surface area contributed by atoms with E-state index in [1.807, 2.05) is 26.2 Å². The van der Waals surface area contributed by atoms with Crippen molar-refractivity contribution in [3.05, 3.63) is 17.0 Å². The number of hydrogen-bond donors (Lipinski definition) is 2. The number of hydrogen-bond acceptors (Lipinski definition) is 4. The summed E-state index contributed by atoms with van der Waals surface area (Å²) in [4.78, 5) is 0. The van der Waals surface area contributed by atoms with Crippen LogP contribution in [0.3, 0.4) is 0 Å². The molecule has 21 heavy (non-hydrogen) atoms. The van der Waals surface area contributed by atoms with Crippen LogP contribution in [0, 0.1) is 0 Å². The SMILES string of the molecule is CCC(CC)(CC)NS(=O)(=O)c1cc(CNC2CC2)cs1. The van der Waals surface area contributed by atoms with Crippen LogP contribution in [0.5, 0.6) is 0 Å². The molecule has 2 rings (SSSR count). The van der Waals surface area contributed by atoms with Crippen LogP contribution in [0.4, 0.5) is 0 Å². The van der Waals surface area contributed by atoms with Gasteiger partial charge >= 0.3 is 0 Å². The van der Waals surface area contributed by atoms with Gasteiger partial charge in [0.25, 0.3) is 10.0 Å². The van der Waals surface area contributed by atoms with E-state index in [9.17, 15) is 8.42 Å². The smallest absolute Gasteiger partial charge is 0.250 e. The third-order valence-electron chi connectivity index (χ3n) is 4.45. The zero-order chi connectivity index (χ0) is 15.5. The number of thiophene rings is 1. The molecule has 4 nitrogen and oxygen atoms in total. The van der Waals surface area contributed by atoms with Crippen molar-refractivity contribution in [3.63, 3.8) is 0 Å². The maximum Gasteiger partial charge on any atom is 0.250 e. The third kappa shape index (κ3) is 4.28. The number of rotatable bonds is 9. The lowest BCUT2D eigenvalue weighted by molar-refractivity contribution is 0.342. The fourth-order valence-electron chi connectivity index (χ4n) is 2.44. The Balaban J connectivity index is 2.07. The summed E-state index contributed by atoms with van der Waals surface area (Å²) < 4.78 is 28.5. The van der Waals surface area contributed by atoms with Gasteiger partial charge in [0.2, 0.25) is 0 Å². The highest BCUT2D eigenvalue weighted by Gasteiger charge is 2.31. The molecule has 0 amide bonds. The molecule has 1 aliphatic carbocycles. The highest BCUT2D eigenvalue weighted by molar-refractivity contribution is 7.91. The van der Waals surface area contributed by atoms with Gasteiger partial charge in [0.15, 0.2) is 0 Å². The molecule has 0 spiro atoms. The van der Waals surface area contributed by atoms with E-state index in [0.717, 1.165) is 31.4 Å². The van der Waals surface area contributed by atoms with E-state index >= 15 is 0 Å². The maximum atomic E-state index is 12.6. The maximum absolute atomic E-state index is 12.6. The van der Waals surface area contributed by atoms with E-state index in [-0.39, 0.29) is 5.54 Å². The van der Waals surface area contributed by atoms with E-state index in [2.05, 4.69) is 10.0 Å². The largest absolute Gasteiger partial charge is 0.310 e. The van der Waals surface area contributed by atoms with Gasteiger partial charge in [0.05, 0.1) is 0 Å². The molecule has 1 fully saturated rings. The molecule has 0 aromatic carbocycles. The van der Waals surface area contributed by atoms with Gasteiger partial charge in [-0.15, -0.1) is 11.3 Å². The van der Waals surface area contributed by atoms with Gasteiger partial charge in [0, 0.05) is 18.1 Å². The van der Waals surface area contributed by atoms with Crippen molar-refractivity contribution in [2.45, 2.75) is 75.2 Å². The summed E-state index contributed by atoms with van der Waals surface area (Å²) in [6.45, 7) is 6.87. The average Bonchev–Trinajstić information content (AvgIpc) is 3.18. The minimum atomic E-state index is -3.42. The summed E-state index contributed by atoms with van der Waals surface area (Å²) in [5.41, 5.74) is 0.734. The van der Waals surface area contributed by atoms with Gasteiger partial charge in [-0.25, -0.2) is 13.1 Å². The van der Waals surface area contributed by atoms with Crippen molar-refractivity contribution >= 4 is 21.4 Å². The van der Waals surface area contributed by atoms with Crippen molar-refractivity contribution in [1.82, 2.24) is 10.0 Å². The van der Waals surface area contributed by atoms with Gasteiger partial charge in [-0.1, -0.05) is 20.8 Å². The van der Waals surface area contributed by atoms with Gasteiger partial charge in [0.1, 0.15) is 4.21 Å². The molecule has 0 radical (unpaired) electrons. The lowest BCUT2D eigenvalue weighted by Gasteiger charge is -2.30. The normalized spacial score (nSPS) is 16.3. The molecule has 120 valence electrons. The summed E-state index contributed by atoms with van der Waals surface area (Å²) in [7, 11) is -3.42. The van der Waals surface area contributed by atoms with E-state index in [1.54, 1.807) is 6.07 Å². The van der Waals surface area contributed by atoms with Crippen molar-refractivity contribution in [2.24, 2.45) is 0 Å². The van der Waals surface area contributed by atoms with Crippen LogP contribution in [0.25, 0.3) is 0 Å². The second-order valence-electron chi connectivity index (χ2n) is 5.88. The van der Waals surface area contributed by atoms with E-state index in [4.69, 9.17) is 0 Å². The second kappa shape index (κ2) is 6.77. The second-order valence-corrected chi connectivity index (χ2v) is 8.70. The average molecular weight is 331 g/mol. The molecule has 1 aromatic heterocycles. The zero-order valence-corrected chi connectivity index (χ0v) is 14.7. The van der Waals surface area contributed by atoms with E-state index in [1.165, 1.54) is 24.2 Å². The Morgan fingerprint density at radius 3 is 2.38 bits per heavy atom. The van der Waals surface area contributed by atoms with Crippen LogP contribution >= 0.6 is 11.3 Å². The first-order valence-electron chi connectivity index (χ1n) is 7.79. The van der Waals surface area contributed by atoms with Crippen LogP contribution in [0.1, 0.15) is 58.4 Å². The molecule has 1 saturated carbocycles. The molecule has 0 atom stereocenters. The van der Waals surface area contributed by atoms with Gasteiger partial charge in [-0.3, -0.25) is 0 Å². The summed E-state index contributed by atoms with van der Waals surface area (Å²) >= 11 is 1.31. The third-order valence-corrected chi connectivity index (χ3v) is 7.51. The molecule has 1 aromatic rings. The summed E-state index contributed by atoms with van der Waals surface area (Å²) in [5.74, 6) is 0. The zero-order valence-electron chi connectivity index (χ0n) is 13.1. The Hall–Kier alpha value is -0.430. The first-order chi connectivity index (χ1) is 9.94. The Bertz CT molecular complexity index is 550. The molecule has 2 N–H and O–H groups in total. The molecular weight excluding hydrogens is 304 g/mol. The standard InChI is InChI=1S/C15H26N2O2S2/c1-4-15(5-2,6-3)17-21(18,19)14-9-12(11-20-14)10-16-13-7-8-13/h9,11,13,16-17H,4-8,10H2,1-3H3. The van der Waals surface area contributed by atoms with Crippen LogP contribution in [-0.2, 0) is 16.6 Å². The predicted octanol–water partition coefficient (Wildman–Crippen LogP) is 3.25. The molecule has 0 saturated heterocycles. The topological polar surface area (TPSA) is 58.2 Å². The number of nitrogens with one attached hydrogen (secondary N) is 2. The molecule has 0 aliphatic heterocycles. The highest BCUT2D eigenvalue weighted by atomic mass is 32.2. The van der Waals surface area contributed by atoms with Crippen molar-refractivity contribution in [2.75, 3.05) is 0 Å². The van der Waals surface area contributed by atoms with Gasteiger partial charge < -0.3 is 5.32 Å². The lowest BCUT2D eigenvalue weighted by atomic mass is 9.91.